The standard InChI is InChI=1S/C11H12Cl2F3N3O/c1-10(2,5-12)9(20)19-18-8-7(13)3-6(4-17-8)11(14,15)16/h3-4H,5H2,1-2H3,(H,17,18)(H,19,20). The summed E-state index contributed by atoms with van der Waals surface area (Å²) < 4.78 is 37.2. The maximum atomic E-state index is 12.4. The Morgan fingerprint density at radius 3 is 2.45 bits per heavy atom. The van der Waals surface area contributed by atoms with Crippen molar-refractivity contribution >= 4 is 34.9 Å². The Hall–Kier alpha value is -1.21. The fourth-order valence-corrected chi connectivity index (χ4v) is 1.37. The van der Waals surface area contributed by atoms with Crippen molar-refractivity contribution in [2.75, 3.05) is 11.3 Å². The van der Waals surface area contributed by atoms with Gasteiger partial charge in [-0.05, 0) is 19.9 Å². The van der Waals surface area contributed by atoms with Crippen molar-refractivity contribution in [1.29, 1.82) is 0 Å². The summed E-state index contributed by atoms with van der Waals surface area (Å²) in [6.45, 7) is 3.22. The van der Waals surface area contributed by atoms with Gasteiger partial charge < -0.3 is 0 Å². The van der Waals surface area contributed by atoms with Crippen molar-refractivity contribution in [3.63, 3.8) is 0 Å². The van der Waals surface area contributed by atoms with E-state index in [1.54, 1.807) is 13.8 Å². The van der Waals surface area contributed by atoms with E-state index in [9.17, 15) is 18.0 Å². The van der Waals surface area contributed by atoms with Crippen molar-refractivity contribution in [3.8, 4) is 0 Å². The van der Waals surface area contributed by atoms with Gasteiger partial charge in [0.15, 0.2) is 5.82 Å². The summed E-state index contributed by atoms with van der Waals surface area (Å²) >= 11 is 11.3. The summed E-state index contributed by atoms with van der Waals surface area (Å²) in [5.74, 6) is -0.446. The van der Waals surface area contributed by atoms with Crippen LogP contribution in [0.1, 0.15) is 19.4 Å². The second-order valence-corrected chi connectivity index (χ2v) is 5.32. The molecule has 0 bridgehead atoms. The Balaban J connectivity index is 2.78. The molecule has 9 heteroatoms. The topological polar surface area (TPSA) is 54.0 Å². The molecule has 0 spiro atoms. The third-order valence-electron chi connectivity index (χ3n) is 2.41. The first kappa shape index (κ1) is 16.8. The van der Waals surface area contributed by atoms with Crippen LogP contribution in [-0.2, 0) is 11.0 Å². The van der Waals surface area contributed by atoms with Crippen LogP contribution in [-0.4, -0.2) is 16.8 Å². The molecule has 0 saturated heterocycles. The van der Waals surface area contributed by atoms with Gasteiger partial charge in [-0.2, -0.15) is 13.2 Å². The molecule has 0 aromatic carbocycles. The fourth-order valence-electron chi connectivity index (χ4n) is 1.03. The molecule has 4 nitrogen and oxygen atoms in total. The van der Waals surface area contributed by atoms with Crippen molar-refractivity contribution in [3.05, 3.63) is 22.8 Å². The number of hydrazine groups is 1. The van der Waals surface area contributed by atoms with Crippen molar-refractivity contribution in [1.82, 2.24) is 10.4 Å². The molecule has 0 aliphatic heterocycles. The zero-order chi connectivity index (χ0) is 15.6. The minimum atomic E-state index is -4.53. The number of pyridine rings is 1. The number of hydrogen-bond donors (Lipinski definition) is 2. The molecule has 0 radical (unpaired) electrons. The van der Waals surface area contributed by atoms with Gasteiger partial charge in [0.05, 0.1) is 16.0 Å². The van der Waals surface area contributed by atoms with E-state index in [1.807, 2.05) is 0 Å². The summed E-state index contributed by atoms with van der Waals surface area (Å²) in [6.07, 6.45) is -3.91. The third kappa shape index (κ3) is 4.14. The van der Waals surface area contributed by atoms with Crippen molar-refractivity contribution in [2.45, 2.75) is 20.0 Å². The van der Waals surface area contributed by atoms with Gasteiger partial charge in [-0.3, -0.25) is 15.6 Å². The van der Waals surface area contributed by atoms with Crippen LogP contribution in [0.2, 0.25) is 5.02 Å². The summed E-state index contributed by atoms with van der Waals surface area (Å²) in [4.78, 5) is 15.2. The second-order valence-electron chi connectivity index (χ2n) is 4.65. The lowest BCUT2D eigenvalue weighted by Crippen LogP contribution is -2.41. The van der Waals surface area contributed by atoms with E-state index in [4.69, 9.17) is 23.2 Å². The highest BCUT2D eigenvalue weighted by atomic mass is 35.5. The van der Waals surface area contributed by atoms with Crippen LogP contribution in [0.3, 0.4) is 0 Å². The molecule has 0 fully saturated rings. The maximum absolute atomic E-state index is 12.4. The lowest BCUT2D eigenvalue weighted by atomic mass is 9.96. The molecule has 1 amide bonds. The number of halogens is 5. The van der Waals surface area contributed by atoms with E-state index in [1.165, 1.54) is 0 Å². The van der Waals surface area contributed by atoms with Gasteiger partial charge in [0.2, 0.25) is 5.91 Å². The van der Waals surface area contributed by atoms with E-state index < -0.39 is 23.1 Å². The smallest absolute Gasteiger partial charge is 0.281 e. The highest BCUT2D eigenvalue weighted by Gasteiger charge is 2.32. The number of rotatable bonds is 4. The number of nitrogens with zero attached hydrogens (tertiary/aromatic N) is 1. The van der Waals surface area contributed by atoms with Gasteiger partial charge in [0, 0.05) is 12.1 Å². The molecule has 1 aromatic rings. The van der Waals surface area contributed by atoms with Crippen LogP contribution in [0.15, 0.2) is 12.3 Å². The van der Waals surface area contributed by atoms with Crippen LogP contribution in [0.5, 0.6) is 0 Å². The molecule has 0 aliphatic rings. The molecule has 0 saturated carbocycles. The van der Waals surface area contributed by atoms with Gasteiger partial charge in [0.25, 0.3) is 0 Å². The number of nitrogens with one attached hydrogen (secondary N) is 2. The van der Waals surface area contributed by atoms with Crippen LogP contribution in [0, 0.1) is 5.41 Å². The van der Waals surface area contributed by atoms with Crippen LogP contribution in [0.25, 0.3) is 0 Å². The average molecular weight is 330 g/mol. The fraction of sp³-hybridized carbons (Fsp3) is 0.455. The van der Waals surface area contributed by atoms with E-state index in [-0.39, 0.29) is 16.7 Å². The Kier molecular flexibility index (Phi) is 5.10. The van der Waals surface area contributed by atoms with E-state index >= 15 is 0 Å². The number of hydrogen-bond acceptors (Lipinski definition) is 3. The summed E-state index contributed by atoms with van der Waals surface area (Å²) in [6, 6.07) is 0.718. The van der Waals surface area contributed by atoms with Gasteiger partial charge in [-0.15, -0.1) is 11.6 Å². The number of carbonyl (C=O) groups excluding carboxylic acids is 1. The lowest BCUT2D eigenvalue weighted by Gasteiger charge is -2.21. The molecular formula is C11H12Cl2F3N3O. The second kappa shape index (κ2) is 6.05. The van der Waals surface area contributed by atoms with E-state index in [2.05, 4.69) is 15.8 Å². The molecule has 112 valence electrons. The number of alkyl halides is 4. The number of amides is 1. The first-order chi connectivity index (χ1) is 9.08. The van der Waals surface area contributed by atoms with Crippen LogP contribution >= 0.6 is 23.2 Å². The Morgan fingerprint density at radius 2 is 2.00 bits per heavy atom. The molecule has 0 unspecified atom stereocenters. The summed E-state index contributed by atoms with van der Waals surface area (Å²) in [5, 5.41) is -0.260. The van der Waals surface area contributed by atoms with Gasteiger partial charge >= 0.3 is 6.18 Å². The van der Waals surface area contributed by atoms with Crippen LogP contribution < -0.4 is 10.9 Å². The Bertz CT molecular complexity index is 506. The first-order valence-corrected chi connectivity index (χ1v) is 6.34. The average Bonchev–Trinajstić information content (AvgIpc) is 2.35. The molecule has 1 aromatic heterocycles. The molecule has 0 aliphatic carbocycles. The molecular weight excluding hydrogens is 318 g/mol. The maximum Gasteiger partial charge on any atom is 0.417 e. The number of aromatic nitrogens is 1. The minimum absolute atomic E-state index is 0.0781. The highest BCUT2D eigenvalue weighted by Crippen LogP contribution is 2.32. The zero-order valence-corrected chi connectivity index (χ0v) is 12.1. The van der Waals surface area contributed by atoms with Gasteiger partial charge in [-0.25, -0.2) is 4.98 Å². The predicted molar refractivity (Wildman–Crippen MR) is 70.5 cm³/mol. The van der Waals surface area contributed by atoms with E-state index in [0.717, 1.165) is 6.07 Å². The predicted octanol–water partition coefficient (Wildman–Crippen LogP) is 3.46. The Morgan fingerprint density at radius 1 is 1.40 bits per heavy atom. The van der Waals surface area contributed by atoms with Crippen molar-refractivity contribution in [2.24, 2.45) is 5.41 Å². The lowest BCUT2D eigenvalue weighted by molar-refractivity contribution is -0.137. The molecule has 2 N–H and O–H groups in total. The normalized spacial score (nSPS) is 12.2. The first-order valence-electron chi connectivity index (χ1n) is 5.43. The number of anilines is 1. The SMILES string of the molecule is CC(C)(CCl)C(=O)NNc1ncc(C(F)(F)F)cc1Cl. The third-order valence-corrected chi connectivity index (χ3v) is 3.37. The minimum Gasteiger partial charge on any atom is -0.281 e. The zero-order valence-electron chi connectivity index (χ0n) is 10.6. The van der Waals surface area contributed by atoms with Crippen LogP contribution in [0.4, 0.5) is 19.0 Å². The summed E-state index contributed by atoms with van der Waals surface area (Å²) in [7, 11) is 0. The monoisotopic (exact) mass is 329 g/mol. The summed E-state index contributed by atoms with van der Waals surface area (Å²) in [5.41, 5.74) is 2.84. The van der Waals surface area contributed by atoms with E-state index in [0.29, 0.717) is 6.20 Å². The molecule has 20 heavy (non-hydrogen) atoms. The molecule has 1 rings (SSSR count). The van der Waals surface area contributed by atoms with Crippen molar-refractivity contribution < 1.29 is 18.0 Å². The molecule has 0 atom stereocenters. The largest absolute Gasteiger partial charge is 0.417 e. The quantitative estimate of drug-likeness (QED) is 0.657. The molecule has 1 heterocycles. The van der Waals surface area contributed by atoms with Gasteiger partial charge in [0.1, 0.15) is 0 Å². The number of carbonyl (C=O) groups is 1. The van der Waals surface area contributed by atoms with Gasteiger partial charge in [-0.1, -0.05) is 11.6 Å². The Labute approximate surface area is 123 Å². The highest BCUT2D eigenvalue weighted by molar-refractivity contribution is 6.33.